The quantitative estimate of drug-likeness (QED) is 0.506. The summed E-state index contributed by atoms with van der Waals surface area (Å²) in [5.74, 6) is 2.92. The molecular formula is C18H40. The molecule has 0 saturated heterocycles. The Labute approximate surface area is 118 Å². The lowest BCUT2D eigenvalue weighted by atomic mass is 9.84. The third-order valence-corrected chi connectivity index (χ3v) is 3.56. The first-order valence-corrected chi connectivity index (χ1v) is 8.47. The van der Waals surface area contributed by atoms with Crippen molar-refractivity contribution >= 4 is 0 Å². The molecule has 1 rings (SSSR count). The van der Waals surface area contributed by atoms with E-state index in [9.17, 15) is 0 Å². The predicted molar refractivity (Wildman–Crippen MR) is 87.1 cm³/mol. The maximum absolute atomic E-state index is 2.37. The van der Waals surface area contributed by atoms with E-state index in [1.54, 1.807) is 0 Å². The van der Waals surface area contributed by atoms with Gasteiger partial charge in [-0.25, -0.2) is 0 Å². The first-order chi connectivity index (χ1) is 8.47. The number of hydrogen-bond donors (Lipinski definition) is 0. The average molecular weight is 257 g/mol. The molecule has 0 heterocycles. The van der Waals surface area contributed by atoms with Crippen LogP contribution in [0, 0.1) is 17.8 Å². The second-order valence-corrected chi connectivity index (χ2v) is 6.56. The Morgan fingerprint density at radius 3 is 1.39 bits per heavy atom. The van der Waals surface area contributed by atoms with Crippen molar-refractivity contribution in [3.8, 4) is 0 Å². The molecule has 2 atom stereocenters. The molecular weight excluding hydrogens is 216 g/mol. The van der Waals surface area contributed by atoms with Gasteiger partial charge in [0.05, 0.1) is 0 Å². The Morgan fingerprint density at radius 1 is 0.833 bits per heavy atom. The highest BCUT2D eigenvalue weighted by Crippen LogP contribution is 2.27. The lowest BCUT2D eigenvalue weighted by Gasteiger charge is -2.22. The van der Waals surface area contributed by atoms with Crippen molar-refractivity contribution in [2.24, 2.45) is 17.8 Å². The minimum absolute atomic E-state index is 0.898. The largest absolute Gasteiger partial charge is 0.0654 e. The van der Waals surface area contributed by atoms with Gasteiger partial charge in [-0.1, -0.05) is 93.4 Å². The smallest absolute Gasteiger partial charge is 0.0440 e. The maximum Gasteiger partial charge on any atom is -0.0440 e. The van der Waals surface area contributed by atoms with Gasteiger partial charge in [-0.15, -0.1) is 0 Å². The monoisotopic (exact) mass is 256 g/mol. The molecule has 1 aliphatic carbocycles. The van der Waals surface area contributed by atoms with Crippen molar-refractivity contribution in [3.05, 3.63) is 0 Å². The summed E-state index contributed by atoms with van der Waals surface area (Å²) < 4.78 is 0. The third kappa shape index (κ3) is 18.4. The van der Waals surface area contributed by atoms with Crippen molar-refractivity contribution in [2.45, 2.75) is 99.8 Å². The van der Waals surface area contributed by atoms with Crippen LogP contribution >= 0.6 is 0 Å². The summed E-state index contributed by atoms with van der Waals surface area (Å²) in [7, 11) is 0. The Kier molecular flexibility index (Phi) is 17.0. The van der Waals surface area contributed by atoms with Gasteiger partial charge in [-0.3, -0.25) is 0 Å². The Morgan fingerprint density at radius 2 is 1.28 bits per heavy atom. The normalized spacial score (nSPS) is 22.7. The van der Waals surface area contributed by atoms with Gasteiger partial charge in [-0.2, -0.15) is 0 Å². The molecule has 0 nitrogen and oxygen atoms in total. The first kappa shape index (κ1) is 20.3. The minimum Gasteiger partial charge on any atom is -0.0654 e. The van der Waals surface area contributed by atoms with Gasteiger partial charge in [-0.05, 0) is 24.2 Å². The van der Waals surface area contributed by atoms with Crippen LogP contribution in [0.25, 0.3) is 0 Å². The molecule has 112 valence electrons. The molecule has 2 unspecified atom stereocenters. The van der Waals surface area contributed by atoms with E-state index >= 15 is 0 Å². The molecule has 0 radical (unpaired) electrons. The van der Waals surface area contributed by atoms with Crippen LogP contribution < -0.4 is 0 Å². The van der Waals surface area contributed by atoms with Gasteiger partial charge in [0.1, 0.15) is 0 Å². The van der Waals surface area contributed by atoms with E-state index in [-0.39, 0.29) is 0 Å². The summed E-state index contributed by atoms with van der Waals surface area (Å²) in [6.45, 7) is 15.8. The van der Waals surface area contributed by atoms with E-state index in [2.05, 4.69) is 48.5 Å². The van der Waals surface area contributed by atoms with Crippen LogP contribution in [-0.4, -0.2) is 0 Å². The molecule has 0 aliphatic heterocycles. The fraction of sp³-hybridized carbons (Fsp3) is 1.00. The minimum atomic E-state index is 0.898. The Hall–Kier alpha value is 0. The van der Waals surface area contributed by atoms with E-state index in [1.165, 1.54) is 51.4 Å². The van der Waals surface area contributed by atoms with Gasteiger partial charge in [0.25, 0.3) is 0 Å². The number of rotatable bonds is 3. The molecule has 0 aromatic carbocycles. The molecule has 0 aromatic rings. The molecule has 0 amide bonds. The highest BCUT2D eigenvalue weighted by Gasteiger charge is 2.13. The van der Waals surface area contributed by atoms with Crippen molar-refractivity contribution in [2.75, 3.05) is 0 Å². The molecule has 0 N–H and O–H groups in total. The highest BCUT2D eigenvalue weighted by molar-refractivity contribution is 4.66. The lowest BCUT2D eigenvalue weighted by Crippen LogP contribution is -2.09. The molecule has 0 heteroatoms. The van der Waals surface area contributed by atoms with Gasteiger partial charge in [0.2, 0.25) is 0 Å². The summed E-state index contributed by atoms with van der Waals surface area (Å²) >= 11 is 0. The summed E-state index contributed by atoms with van der Waals surface area (Å²) in [6.07, 6.45) is 11.2. The van der Waals surface area contributed by atoms with E-state index in [0.29, 0.717) is 0 Å². The zero-order chi connectivity index (χ0) is 14.4. The lowest BCUT2D eigenvalue weighted by molar-refractivity contribution is 0.301. The second-order valence-electron chi connectivity index (χ2n) is 6.56. The van der Waals surface area contributed by atoms with Crippen molar-refractivity contribution < 1.29 is 0 Å². The average Bonchev–Trinajstić information content (AvgIpc) is 2.29. The van der Waals surface area contributed by atoms with Crippen LogP contribution in [0.15, 0.2) is 0 Å². The van der Waals surface area contributed by atoms with Crippen molar-refractivity contribution in [3.63, 3.8) is 0 Å². The van der Waals surface area contributed by atoms with Crippen LogP contribution in [0.2, 0.25) is 0 Å². The van der Waals surface area contributed by atoms with Crippen LogP contribution in [0.1, 0.15) is 99.8 Å². The van der Waals surface area contributed by atoms with E-state index in [1.807, 2.05) is 0 Å². The zero-order valence-corrected chi connectivity index (χ0v) is 14.4. The van der Waals surface area contributed by atoms with Gasteiger partial charge in [0, 0.05) is 0 Å². The first-order valence-electron chi connectivity index (χ1n) is 8.47. The van der Waals surface area contributed by atoms with Gasteiger partial charge >= 0.3 is 0 Å². The molecule has 0 aromatic heterocycles. The molecule has 18 heavy (non-hydrogen) atoms. The van der Waals surface area contributed by atoms with Crippen molar-refractivity contribution in [1.82, 2.24) is 0 Å². The standard InChI is InChI=1S/C8H16.C6H14.C4H10/c1-7-4-3-5-8(2)6-7;1-4-5-6(2)3;1-3-4-2/h7-8H,3-6H2,1-2H3;6H,4-5H2,1-3H3;3-4H2,1-2H3. The second kappa shape index (κ2) is 15.1. The van der Waals surface area contributed by atoms with Gasteiger partial charge < -0.3 is 0 Å². The fourth-order valence-corrected chi connectivity index (χ4v) is 2.31. The van der Waals surface area contributed by atoms with Crippen LogP contribution in [0.4, 0.5) is 0 Å². The summed E-state index contributed by atoms with van der Waals surface area (Å²) in [4.78, 5) is 0. The predicted octanol–water partition coefficient (Wildman–Crippen LogP) is 7.08. The number of unbranched alkanes of at least 4 members (excludes halogenated alkanes) is 1. The molecule has 1 saturated carbocycles. The Bertz CT molecular complexity index is 127. The SMILES string of the molecule is CC1CCCC(C)C1.CCCC.CCCC(C)C. The number of hydrogen-bond acceptors (Lipinski definition) is 0. The topological polar surface area (TPSA) is 0 Å². The molecule has 1 aliphatic rings. The zero-order valence-electron chi connectivity index (χ0n) is 14.4. The van der Waals surface area contributed by atoms with Crippen LogP contribution in [-0.2, 0) is 0 Å². The molecule has 1 fully saturated rings. The summed E-state index contributed by atoms with van der Waals surface area (Å²) in [5.41, 5.74) is 0. The maximum atomic E-state index is 2.37. The van der Waals surface area contributed by atoms with Crippen LogP contribution in [0.5, 0.6) is 0 Å². The van der Waals surface area contributed by atoms with E-state index < -0.39 is 0 Å². The highest BCUT2D eigenvalue weighted by atomic mass is 14.2. The van der Waals surface area contributed by atoms with E-state index in [4.69, 9.17) is 0 Å². The fourth-order valence-electron chi connectivity index (χ4n) is 2.31. The summed E-state index contributed by atoms with van der Waals surface area (Å²) in [6, 6.07) is 0. The Balaban J connectivity index is 0. The van der Waals surface area contributed by atoms with E-state index in [0.717, 1.165) is 17.8 Å². The third-order valence-electron chi connectivity index (χ3n) is 3.56. The van der Waals surface area contributed by atoms with Gasteiger partial charge in [0.15, 0.2) is 0 Å². The molecule has 0 spiro atoms. The summed E-state index contributed by atoms with van der Waals surface area (Å²) in [5, 5.41) is 0. The molecule has 0 bridgehead atoms. The van der Waals surface area contributed by atoms with Crippen molar-refractivity contribution in [1.29, 1.82) is 0 Å². The van der Waals surface area contributed by atoms with Crippen LogP contribution in [0.3, 0.4) is 0 Å².